The third kappa shape index (κ3) is 2.99. The minimum atomic E-state index is -1.33. The maximum absolute atomic E-state index is 13.4. The monoisotopic (exact) mass is 345 g/mol. The predicted octanol–water partition coefficient (Wildman–Crippen LogP) is 3.04. The van der Waals surface area contributed by atoms with Crippen molar-refractivity contribution >= 4 is 17.5 Å². The zero-order chi connectivity index (χ0) is 17.0. The zero-order valence-electron chi connectivity index (χ0n) is 13.6. The first-order valence-corrected chi connectivity index (χ1v) is 8.30. The highest BCUT2D eigenvalue weighted by molar-refractivity contribution is 6.37. The summed E-state index contributed by atoms with van der Waals surface area (Å²) in [6, 6.07) is 16.8. The van der Waals surface area contributed by atoms with Gasteiger partial charge in [-0.3, -0.25) is 4.79 Å². The van der Waals surface area contributed by atoms with E-state index in [1.54, 1.807) is 12.0 Å². The van der Waals surface area contributed by atoms with Gasteiger partial charge in [-0.25, -0.2) is 0 Å². The molecule has 4 nitrogen and oxygen atoms in total. The van der Waals surface area contributed by atoms with Crippen molar-refractivity contribution in [2.24, 2.45) is 0 Å². The molecule has 5 heteroatoms. The number of nitrogens with zero attached hydrogens (tertiary/aromatic N) is 1. The molecule has 1 unspecified atom stereocenters. The fraction of sp³-hybridized carbons (Fsp3) is 0.316. The lowest BCUT2D eigenvalue weighted by atomic mass is 9.88. The number of methoxy groups -OCH3 is 1. The number of alkyl halides is 1. The number of amides is 1. The van der Waals surface area contributed by atoms with Gasteiger partial charge in [0.05, 0.1) is 20.3 Å². The third-order valence-corrected chi connectivity index (χ3v) is 4.83. The number of carbonyl (C=O) groups is 1. The maximum atomic E-state index is 13.4. The highest BCUT2D eigenvalue weighted by Crippen LogP contribution is 2.43. The Kier molecular flexibility index (Phi) is 5.07. The molecule has 126 valence electrons. The van der Waals surface area contributed by atoms with E-state index < -0.39 is 4.87 Å². The molecule has 0 aromatic heterocycles. The van der Waals surface area contributed by atoms with Gasteiger partial charge in [-0.15, -0.1) is 0 Å². The van der Waals surface area contributed by atoms with Gasteiger partial charge < -0.3 is 14.4 Å². The predicted molar refractivity (Wildman–Crippen MR) is 93.5 cm³/mol. The second kappa shape index (κ2) is 7.24. The fourth-order valence-electron chi connectivity index (χ4n) is 2.98. The number of ether oxygens (including phenoxy) is 2. The topological polar surface area (TPSA) is 38.8 Å². The number of benzene rings is 2. The first kappa shape index (κ1) is 16.8. The van der Waals surface area contributed by atoms with Crippen LogP contribution >= 0.6 is 11.6 Å². The molecule has 0 saturated carbocycles. The van der Waals surface area contributed by atoms with Gasteiger partial charge in [0.25, 0.3) is 5.91 Å². The van der Waals surface area contributed by atoms with Crippen LogP contribution in [0.25, 0.3) is 0 Å². The SMILES string of the molecule is COc1ccccc1C(Cl)(C(=O)N1CCOCC1)c1ccccc1. The number of para-hydroxylation sites is 1. The van der Waals surface area contributed by atoms with Crippen LogP contribution in [0.5, 0.6) is 5.75 Å². The summed E-state index contributed by atoms with van der Waals surface area (Å²) in [5.74, 6) is 0.445. The minimum absolute atomic E-state index is 0.150. The van der Waals surface area contributed by atoms with Crippen LogP contribution in [0, 0.1) is 0 Å². The summed E-state index contributed by atoms with van der Waals surface area (Å²) in [4.78, 5) is 13.8. The van der Waals surface area contributed by atoms with Crippen molar-refractivity contribution < 1.29 is 14.3 Å². The Bertz CT molecular complexity index is 701. The minimum Gasteiger partial charge on any atom is -0.496 e. The standard InChI is InChI=1S/C19H20ClNO3/c1-23-17-10-6-5-9-16(17)19(20,15-7-3-2-4-8-15)18(22)21-11-13-24-14-12-21/h2-10H,11-14H2,1H3. The molecule has 1 atom stereocenters. The molecule has 1 fully saturated rings. The average Bonchev–Trinajstić information content (AvgIpc) is 2.68. The smallest absolute Gasteiger partial charge is 0.253 e. The Hall–Kier alpha value is -2.04. The van der Waals surface area contributed by atoms with E-state index in [0.29, 0.717) is 37.6 Å². The van der Waals surface area contributed by atoms with Gasteiger partial charge in [-0.1, -0.05) is 60.1 Å². The lowest BCUT2D eigenvalue weighted by Gasteiger charge is -2.36. The normalized spacial score (nSPS) is 17.2. The van der Waals surface area contributed by atoms with E-state index >= 15 is 0 Å². The summed E-state index contributed by atoms with van der Waals surface area (Å²) in [6.07, 6.45) is 0. The largest absolute Gasteiger partial charge is 0.496 e. The number of carbonyl (C=O) groups excluding carboxylic acids is 1. The molecule has 1 saturated heterocycles. The molecule has 1 aliphatic rings. The van der Waals surface area contributed by atoms with E-state index in [1.807, 2.05) is 54.6 Å². The van der Waals surface area contributed by atoms with Crippen LogP contribution in [0.15, 0.2) is 54.6 Å². The molecular formula is C19H20ClNO3. The van der Waals surface area contributed by atoms with E-state index in [1.165, 1.54) is 0 Å². The van der Waals surface area contributed by atoms with Crippen molar-refractivity contribution in [2.75, 3.05) is 33.4 Å². The van der Waals surface area contributed by atoms with Crippen LogP contribution in [0.3, 0.4) is 0 Å². The van der Waals surface area contributed by atoms with Crippen molar-refractivity contribution in [1.82, 2.24) is 4.90 Å². The van der Waals surface area contributed by atoms with E-state index in [-0.39, 0.29) is 5.91 Å². The van der Waals surface area contributed by atoms with Crippen molar-refractivity contribution in [1.29, 1.82) is 0 Å². The van der Waals surface area contributed by atoms with Crippen LogP contribution in [0.4, 0.5) is 0 Å². The summed E-state index contributed by atoms with van der Waals surface area (Å²) in [7, 11) is 1.58. The van der Waals surface area contributed by atoms with Gasteiger partial charge in [-0.05, 0) is 11.6 Å². The molecule has 2 aromatic rings. The molecular weight excluding hydrogens is 326 g/mol. The first-order chi connectivity index (χ1) is 11.7. The van der Waals surface area contributed by atoms with Crippen molar-refractivity contribution in [3.63, 3.8) is 0 Å². The molecule has 1 aliphatic heterocycles. The highest BCUT2D eigenvalue weighted by Gasteiger charge is 2.45. The van der Waals surface area contributed by atoms with Crippen molar-refractivity contribution in [3.8, 4) is 5.75 Å². The third-order valence-electron chi connectivity index (χ3n) is 4.24. The van der Waals surface area contributed by atoms with Crippen LogP contribution in [-0.4, -0.2) is 44.2 Å². The number of rotatable bonds is 4. The van der Waals surface area contributed by atoms with Crippen LogP contribution < -0.4 is 4.74 Å². The quantitative estimate of drug-likeness (QED) is 0.799. The Labute approximate surface area is 146 Å². The molecule has 0 bridgehead atoms. The molecule has 0 aliphatic carbocycles. The Balaban J connectivity index is 2.12. The first-order valence-electron chi connectivity index (χ1n) is 7.93. The fourth-order valence-corrected chi connectivity index (χ4v) is 3.38. The molecule has 24 heavy (non-hydrogen) atoms. The van der Waals surface area contributed by atoms with Gasteiger partial charge in [0.2, 0.25) is 0 Å². The van der Waals surface area contributed by atoms with E-state index in [4.69, 9.17) is 21.1 Å². The summed E-state index contributed by atoms with van der Waals surface area (Å²) in [5, 5.41) is 0. The highest BCUT2D eigenvalue weighted by atomic mass is 35.5. The van der Waals surface area contributed by atoms with Gasteiger partial charge in [0, 0.05) is 18.7 Å². The molecule has 0 radical (unpaired) electrons. The van der Waals surface area contributed by atoms with Gasteiger partial charge in [0.1, 0.15) is 5.75 Å². The van der Waals surface area contributed by atoms with Crippen LogP contribution in [0.1, 0.15) is 11.1 Å². The summed E-state index contributed by atoms with van der Waals surface area (Å²) >= 11 is 7.05. The second-order valence-corrected chi connectivity index (χ2v) is 6.20. The van der Waals surface area contributed by atoms with Gasteiger partial charge in [0.15, 0.2) is 4.87 Å². The van der Waals surface area contributed by atoms with Crippen LogP contribution in [0.2, 0.25) is 0 Å². The molecule has 0 spiro atoms. The number of halogens is 1. The maximum Gasteiger partial charge on any atom is 0.253 e. The molecule has 0 N–H and O–H groups in total. The Morgan fingerprint density at radius 3 is 2.38 bits per heavy atom. The molecule has 1 heterocycles. The van der Waals surface area contributed by atoms with Crippen LogP contribution in [-0.2, 0) is 14.4 Å². The lowest BCUT2D eigenvalue weighted by Crippen LogP contribution is -2.49. The van der Waals surface area contributed by atoms with E-state index in [9.17, 15) is 4.79 Å². The zero-order valence-corrected chi connectivity index (χ0v) is 14.3. The van der Waals surface area contributed by atoms with Gasteiger partial charge >= 0.3 is 0 Å². The van der Waals surface area contributed by atoms with E-state index in [2.05, 4.69) is 0 Å². The Morgan fingerprint density at radius 1 is 1.08 bits per heavy atom. The number of hydrogen-bond donors (Lipinski definition) is 0. The lowest BCUT2D eigenvalue weighted by molar-refractivity contribution is -0.137. The summed E-state index contributed by atoms with van der Waals surface area (Å²) in [5.41, 5.74) is 1.38. The average molecular weight is 346 g/mol. The number of hydrogen-bond acceptors (Lipinski definition) is 3. The van der Waals surface area contributed by atoms with Crippen molar-refractivity contribution in [3.05, 3.63) is 65.7 Å². The Morgan fingerprint density at radius 2 is 1.71 bits per heavy atom. The molecule has 3 rings (SSSR count). The number of morpholine rings is 1. The molecule has 2 aromatic carbocycles. The van der Waals surface area contributed by atoms with Gasteiger partial charge in [-0.2, -0.15) is 0 Å². The van der Waals surface area contributed by atoms with E-state index in [0.717, 1.165) is 5.56 Å². The second-order valence-electron chi connectivity index (χ2n) is 5.63. The van der Waals surface area contributed by atoms with Crippen molar-refractivity contribution in [2.45, 2.75) is 4.87 Å². The molecule has 1 amide bonds. The summed E-state index contributed by atoms with van der Waals surface area (Å²) in [6.45, 7) is 2.13. The summed E-state index contributed by atoms with van der Waals surface area (Å²) < 4.78 is 10.8.